The number of amides is 1. The molecular formula is C22H20N2O2S. The molecule has 1 aliphatic carbocycles. The fourth-order valence-electron chi connectivity index (χ4n) is 3.71. The largest absolute Gasteiger partial charge is 0.488 e. The zero-order chi connectivity index (χ0) is 18.4. The number of thiophene rings is 1. The van der Waals surface area contributed by atoms with Gasteiger partial charge in [0.15, 0.2) is 0 Å². The molecule has 3 aromatic rings. The van der Waals surface area contributed by atoms with Crippen LogP contribution in [-0.4, -0.2) is 21.8 Å². The van der Waals surface area contributed by atoms with Gasteiger partial charge in [0.2, 0.25) is 0 Å². The van der Waals surface area contributed by atoms with E-state index in [0.29, 0.717) is 12.6 Å². The smallest absolute Gasteiger partial charge is 0.264 e. The standard InChI is InChI=1S/C22H20N2O2S/c1-14(18-7-4-5-11-23-18)24(16-9-10-16)22(25)20-12-15-13-26-19-8-3-2-6-17(19)21(15)27-20/h2-8,11-12,14,16H,9-10,13H2,1H3. The lowest BCUT2D eigenvalue weighted by molar-refractivity contribution is 0.0675. The number of benzene rings is 1. The van der Waals surface area contributed by atoms with E-state index in [1.165, 1.54) is 0 Å². The van der Waals surface area contributed by atoms with Crippen LogP contribution < -0.4 is 4.74 Å². The molecule has 3 heterocycles. The minimum atomic E-state index is -0.0335. The first-order valence-electron chi connectivity index (χ1n) is 9.31. The molecule has 136 valence electrons. The number of pyridine rings is 1. The van der Waals surface area contributed by atoms with Crippen LogP contribution in [0.15, 0.2) is 54.7 Å². The van der Waals surface area contributed by atoms with Gasteiger partial charge in [-0.1, -0.05) is 18.2 Å². The van der Waals surface area contributed by atoms with E-state index in [1.807, 2.05) is 47.4 Å². The van der Waals surface area contributed by atoms with E-state index < -0.39 is 0 Å². The van der Waals surface area contributed by atoms with Crippen LogP contribution in [0.1, 0.15) is 46.7 Å². The van der Waals surface area contributed by atoms with Crippen molar-refractivity contribution in [3.63, 3.8) is 0 Å². The number of hydrogen-bond acceptors (Lipinski definition) is 4. The summed E-state index contributed by atoms with van der Waals surface area (Å²) in [4.78, 5) is 21.9. The van der Waals surface area contributed by atoms with E-state index in [4.69, 9.17) is 4.74 Å². The van der Waals surface area contributed by atoms with Crippen molar-refractivity contribution in [3.8, 4) is 16.2 Å². The second kappa shape index (κ2) is 6.50. The minimum Gasteiger partial charge on any atom is -0.488 e. The molecule has 1 saturated carbocycles. The number of para-hydroxylation sites is 1. The summed E-state index contributed by atoms with van der Waals surface area (Å²) in [5.74, 6) is 0.999. The van der Waals surface area contributed by atoms with Crippen LogP contribution in [0.4, 0.5) is 0 Å². The van der Waals surface area contributed by atoms with Crippen molar-refractivity contribution in [2.45, 2.75) is 38.5 Å². The lowest BCUT2D eigenvalue weighted by Crippen LogP contribution is -2.35. The van der Waals surface area contributed by atoms with Gasteiger partial charge in [0.05, 0.1) is 16.6 Å². The van der Waals surface area contributed by atoms with Crippen LogP contribution in [0.5, 0.6) is 5.75 Å². The molecule has 0 bridgehead atoms. The summed E-state index contributed by atoms with van der Waals surface area (Å²) >= 11 is 1.58. The van der Waals surface area contributed by atoms with Crippen LogP contribution in [0.25, 0.3) is 10.4 Å². The van der Waals surface area contributed by atoms with Gasteiger partial charge in [-0.2, -0.15) is 0 Å². The average Bonchev–Trinajstić information content (AvgIpc) is 3.44. The molecule has 27 heavy (non-hydrogen) atoms. The van der Waals surface area contributed by atoms with E-state index in [1.54, 1.807) is 17.5 Å². The van der Waals surface area contributed by atoms with Gasteiger partial charge in [-0.25, -0.2) is 0 Å². The number of rotatable bonds is 4. The van der Waals surface area contributed by atoms with Gasteiger partial charge < -0.3 is 9.64 Å². The maximum atomic E-state index is 13.4. The maximum absolute atomic E-state index is 13.4. The van der Waals surface area contributed by atoms with Crippen molar-refractivity contribution in [2.24, 2.45) is 0 Å². The number of carbonyl (C=O) groups excluding carboxylic acids is 1. The van der Waals surface area contributed by atoms with Gasteiger partial charge in [0.25, 0.3) is 5.91 Å². The number of fused-ring (bicyclic) bond motifs is 3. The molecule has 0 saturated heterocycles. The first-order valence-corrected chi connectivity index (χ1v) is 10.1. The normalized spacial score (nSPS) is 16.0. The summed E-state index contributed by atoms with van der Waals surface area (Å²) in [5, 5.41) is 0. The molecule has 1 aromatic carbocycles. The highest BCUT2D eigenvalue weighted by atomic mass is 32.1. The molecular weight excluding hydrogens is 356 g/mol. The molecule has 0 N–H and O–H groups in total. The number of nitrogens with zero attached hydrogens (tertiary/aromatic N) is 2. The third-order valence-corrected chi connectivity index (χ3v) is 6.44. The Hall–Kier alpha value is -2.66. The van der Waals surface area contributed by atoms with E-state index in [-0.39, 0.29) is 11.9 Å². The summed E-state index contributed by atoms with van der Waals surface area (Å²) in [6.07, 6.45) is 3.93. The van der Waals surface area contributed by atoms with Gasteiger partial charge in [0.1, 0.15) is 12.4 Å². The average molecular weight is 376 g/mol. The number of ether oxygens (including phenoxy) is 1. The Balaban J connectivity index is 1.49. The topological polar surface area (TPSA) is 42.4 Å². The highest BCUT2D eigenvalue weighted by Crippen LogP contribution is 2.44. The maximum Gasteiger partial charge on any atom is 0.264 e. The van der Waals surface area contributed by atoms with Crippen molar-refractivity contribution < 1.29 is 9.53 Å². The Kier molecular flexibility index (Phi) is 3.97. The van der Waals surface area contributed by atoms with Crippen LogP contribution in [0.2, 0.25) is 0 Å². The summed E-state index contributed by atoms with van der Waals surface area (Å²) in [7, 11) is 0. The molecule has 1 fully saturated rings. The number of carbonyl (C=O) groups is 1. The molecule has 0 spiro atoms. The fourth-order valence-corrected chi connectivity index (χ4v) is 4.85. The Morgan fingerprint density at radius 3 is 2.81 bits per heavy atom. The Morgan fingerprint density at radius 2 is 2.04 bits per heavy atom. The van der Waals surface area contributed by atoms with Gasteiger partial charge in [-0.15, -0.1) is 11.3 Å². The highest BCUT2D eigenvalue weighted by Gasteiger charge is 2.38. The van der Waals surface area contributed by atoms with Crippen LogP contribution in [-0.2, 0) is 6.61 Å². The molecule has 2 aromatic heterocycles. The third-order valence-electron chi connectivity index (χ3n) is 5.24. The molecule has 1 atom stereocenters. The number of hydrogen-bond donors (Lipinski definition) is 0. The van der Waals surface area contributed by atoms with Gasteiger partial charge in [0, 0.05) is 28.2 Å². The van der Waals surface area contributed by atoms with Crippen molar-refractivity contribution >= 4 is 17.2 Å². The summed E-state index contributed by atoms with van der Waals surface area (Å²) in [6, 6.07) is 16.2. The quantitative estimate of drug-likeness (QED) is 0.638. The zero-order valence-electron chi connectivity index (χ0n) is 15.1. The molecule has 5 heteroatoms. The van der Waals surface area contributed by atoms with E-state index in [9.17, 15) is 4.79 Å². The lowest BCUT2D eigenvalue weighted by Gasteiger charge is -2.28. The van der Waals surface area contributed by atoms with Gasteiger partial charge in [-0.05, 0) is 50.1 Å². The Labute approximate surface area is 162 Å². The predicted molar refractivity (Wildman–Crippen MR) is 106 cm³/mol. The Bertz CT molecular complexity index is 995. The first kappa shape index (κ1) is 16.5. The molecule has 5 rings (SSSR count). The van der Waals surface area contributed by atoms with Crippen molar-refractivity contribution in [3.05, 3.63) is 70.9 Å². The van der Waals surface area contributed by atoms with Crippen LogP contribution in [0, 0.1) is 0 Å². The van der Waals surface area contributed by atoms with Gasteiger partial charge in [-0.3, -0.25) is 9.78 Å². The monoisotopic (exact) mass is 376 g/mol. The molecule has 2 aliphatic rings. The van der Waals surface area contributed by atoms with Crippen molar-refractivity contribution in [1.82, 2.24) is 9.88 Å². The van der Waals surface area contributed by atoms with Crippen molar-refractivity contribution in [2.75, 3.05) is 0 Å². The molecule has 1 aliphatic heterocycles. The highest BCUT2D eigenvalue weighted by molar-refractivity contribution is 7.17. The first-order chi connectivity index (χ1) is 13.2. The van der Waals surface area contributed by atoms with E-state index in [2.05, 4.69) is 18.0 Å². The van der Waals surface area contributed by atoms with Crippen molar-refractivity contribution in [1.29, 1.82) is 0 Å². The van der Waals surface area contributed by atoms with E-state index in [0.717, 1.165) is 45.2 Å². The molecule has 4 nitrogen and oxygen atoms in total. The SMILES string of the molecule is CC(c1ccccn1)N(C(=O)c1cc2c(s1)-c1ccccc1OC2)C1CC1. The lowest BCUT2D eigenvalue weighted by atomic mass is 10.1. The summed E-state index contributed by atoms with van der Waals surface area (Å²) in [5.41, 5.74) is 3.12. The third kappa shape index (κ3) is 2.92. The van der Waals surface area contributed by atoms with Gasteiger partial charge >= 0.3 is 0 Å². The van der Waals surface area contributed by atoms with Crippen LogP contribution in [0.3, 0.4) is 0 Å². The predicted octanol–water partition coefficient (Wildman–Crippen LogP) is 5.07. The molecule has 0 radical (unpaired) electrons. The molecule has 1 amide bonds. The van der Waals surface area contributed by atoms with Crippen LogP contribution >= 0.6 is 11.3 Å². The molecule has 1 unspecified atom stereocenters. The zero-order valence-corrected chi connectivity index (χ0v) is 15.9. The minimum absolute atomic E-state index is 0.0335. The summed E-state index contributed by atoms with van der Waals surface area (Å²) < 4.78 is 5.85. The second-order valence-electron chi connectivity index (χ2n) is 7.12. The Morgan fingerprint density at radius 1 is 1.22 bits per heavy atom. The second-order valence-corrected chi connectivity index (χ2v) is 8.18. The summed E-state index contributed by atoms with van der Waals surface area (Å²) in [6.45, 7) is 2.60. The van der Waals surface area contributed by atoms with E-state index >= 15 is 0 Å². The number of aromatic nitrogens is 1. The fraction of sp³-hybridized carbons (Fsp3) is 0.273.